The van der Waals surface area contributed by atoms with Crippen molar-refractivity contribution in [3.05, 3.63) is 5.82 Å². The van der Waals surface area contributed by atoms with Crippen molar-refractivity contribution in [2.24, 2.45) is 11.7 Å². The van der Waals surface area contributed by atoms with E-state index in [1.807, 2.05) is 0 Å². The Morgan fingerprint density at radius 2 is 2.12 bits per heavy atom. The van der Waals surface area contributed by atoms with Gasteiger partial charge in [-0.1, -0.05) is 20.3 Å². The summed E-state index contributed by atoms with van der Waals surface area (Å²) in [6.45, 7) is 6.09. The minimum atomic E-state index is 0.656. The Hall–Kier alpha value is -0.680. The highest BCUT2D eigenvalue weighted by Crippen LogP contribution is 2.15. The first-order chi connectivity index (χ1) is 8.30. The molecule has 1 atom stereocenters. The van der Waals surface area contributed by atoms with E-state index in [0.29, 0.717) is 5.92 Å². The smallest absolute Gasteiger partial charge is 0.202 e. The molecular weight excluding hydrogens is 232 g/mol. The summed E-state index contributed by atoms with van der Waals surface area (Å²) in [5.74, 6) is 1.62. The lowest BCUT2D eigenvalue weighted by Crippen LogP contribution is -2.17. The zero-order valence-electron chi connectivity index (χ0n) is 10.9. The summed E-state index contributed by atoms with van der Waals surface area (Å²) < 4.78 is 4.32. The molecule has 1 unspecified atom stereocenters. The standard InChI is InChI=1S/C12H24N4S/c1-3-5-10(7-8-13)9-14-12-15-11(6-4-2)16-17-12/h10H,3-9,13H2,1-2H3,(H,14,15,16). The summed E-state index contributed by atoms with van der Waals surface area (Å²) in [4.78, 5) is 4.46. The molecule has 5 heteroatoms. The van der Waals surface area contributed by atoms with Gasteiger partial charge in [0.1, 0.15) is 5.82 Å². The fourth-order valence-electron chi connectivity index (χ4n) is 1.87. The van der Waals surface area contributed by atoms with Crippen LogP contribution in [-0.2, 0) is 6.42 Å². The Kier molecular flexibility index (Phi) is 7.12. The molecule has 0 aromatic carbocycles. The van der Waals surface area contributed by atoms with Gasteiger partial charge in [-0.25, -0.2) is 4.98 Å². The van der Waals surface area contributed by atoms with Crippen molar-refractivity contribution in [1.29, 1.82) is 0 Å². The third kappa shape index (κ3) is 5.46. The summed E-state index contributed by atoms with van der Waals surface area (Å²) in [6, 6.07) is 0. The molecule has 0 radical (unpaired) electrons. The Labute approximate surface area is 108 Å². The van der Waals surface area contributed by atoms with Crippen LogP contribution >= 0.6 is 11.5 Å². The molecule has 1 rings (SSSR count). The van der Waals surface area contributed by atoms with Gasteiger partial charge in [0, 0.05) is 24.5 Å². The maximum Gasteiger partial charge on any atom is 0.202 e. The second-order valence-corrected chi connectivity index (χ2v) is 5.13. The van der Waals surface area contributed by atoms with Gasteiger partial charge in [-0.15, -0.1) is 0 Å². The number of nitrogens with one attached hydrogen (secondary N) is 1. The monoisotopic (exact) mass is 256 g/mol. The molecule has 0 spiro atoms. The summed E-state index contributed by atoms with van der Waals surface area (Å²) >= 11 is 1.46. The predicted molar refractivity (Wildman–Crippen MR) is 74.5 cm³/mol. The van der Waals surface area contributed by atoms with Crippen LogP contribution in [0.4, 0.5) is 5.13 Å². The Morgan fingerprint density at radius 1 is 1.29 bits per heavy atom. The number of nitrogens with zero attached hydrogens (tertiary/aromatic N) is 2. The van der Waals surface area contributed by atoms with Gasteiger partial charge in [0.15, 0.2) is 0 Å². The summed E-state index contributed by atoms with van der Waals surface area (Å²) in [7, 11) is 0. The highest BCUT2D eigenvalue weighted by Gasteiger charge is 2.08. The van der Waals surface area contributed by atoms with Crippen LogP contribution in [0.2, 0.25) is 0 Å². The van der Waals surface area contributed by atoms with Crippen molar-refractivity contribution in [1.82, 2.24) is 9.36 Å². The van der Waals surface area contributed by atoms with Crippen LogP contribution in [0.5, 0.6) is 0 Å². The van der Waals surface area contributed by atoms with Crippen LogP contribution in [-0.4, -0.2) is 22.4 Å². The van der Waals surface area contributed by atoms with Crippen LogP contribution in [0.1, 0.15) is 45.4 Å². The van der Waals surface area contributed by atoms with E-state index < -0.39 is 0 Å². The summed E-state index contributed by atoms with van der Waals surface area (Å²) in [6.07, 6.45) is 5.59. The van der Waals surface area contributed by atoms with Crippen molar-refractivity contribution in [3.8, 4) is 0 Å². The third-order valence-electron chi connectivity index (χ3n) is 2.76. The molecule has 0 aliphatic carbocycles. The average Bonchev–Trinajstić information content (AvgIpc) is 2.75. The fraction of sp³-hybridized carbons (Fsp3) is 0.833. The summed E-state index contributed by atoms with van der Waals surface area (Å²) in [5.41, 5.74) is 5.62. The molecule has 0 aliphatic rings. The topological polar surface area (TPSA) is 63.8 Å². The highest BCUT2D eigenvalue weighted by atomic mass is 32.1. The van der Waals surface area contributed by atoms with Crippen molar-refractivity contribution >= 4 is 16.7 Å². The first-order valence-electron chi connectivity index (χ1n) is 6.56. The van der Waals surface area contributed by atoms with Crippen LogP contribution in [0.15, 0.2) is 0 Å². The second-order valence-electron chi connectivity index (χ2n) is 4.38. The lowest BCUT2D eigenvalue weighted by Gasteiger charge is -2.14. The Balaban J connectivity index is 2.35. The molecule has 0 saturated carbocycles. The average molecular weight is 256 g/mol. The Bertz CT molecular complexity index is 294. The molecule has 3 N–H and O–H groups in total. The molecule has 1 aromatic rings. The first-order valence-corrected chi connectivity index (χ1v) is 7.34. The van der Waals surface area contributed by atoms with Crippen molar-refractivity contribution in [2.45, 2.75) is 46.0 Å². The van der Waals surface area contributed by atoms with Gasteiger partial charge in [0.05, 0.1) is 0 Å². The SMILES string of the molecule is CCCc1nsc(NCC(CCC)CCN)n1. The molecule has 0 amide bonds. The molecule has 0 saturated heterocycles. The van der Waals surface area contributed by atoms with Crippen molar-refractivity contribution in [2.75, 3.05) is 18.4 Å². The highest BCUT2D eigenvalue weighted by molar-refractivity contribution is 7.09. The number of hydrogen-bond donors (Lipinski definition) is 2. The minimum Gasteiger partial charge on any atom is -0.360 e. The number of nitrogens with two attached hydrogens (primary N) is 1. The number of aromatic nitrogens is 2. The largest absolute Gasteiger partial charge is 0.360 e. The molecule has 0 fully saturated rings. The molecule has 4 nitrogen and oxygen atoms in total. The fourth-order valence-corrected chi connectivity index (χ4v) is 2.49. The maximum absolute atomic E-state index is 5.62. The zero-order chi connectivity index (χ0) is 12.5. The van der Waals surface area contributed by atoms with Crippen molar-refractivity contribution < 1.29 is 0 Å². The van der Waals surface area contributed by atoms with Crippen molar-refractivity contribution in [3.63, 3.8) is 0 Å². The third-order valence-corrected chi connectivity index (χ3v) is 3.47. The van der Waals surface area contributed by atoms with Gasteiger partial charge >= 0.3 is 0 Å². The van der Waals surface area contributed by atoms with E-state index in [9.17, 15) is 0 Å². The van der Waals surface area contributed by atoms with Crippen LogP contribution < -0.4 is 11.1 Å². The van der Waals surface area contributed by atoms with E-state index in [4.69, 9.17) is 5.73 Å². The number of rotatable bonds is 9. The van der Waals surface area contributed by atoms with Crippen LogP contribution in [0, 0.1) is 5.92 Å². The second kappa shape index (κ2) is 8.42. The number of anilines is 1. The summed E-state index contributed by atoms with van der Waals surface area (Å²) in [5, 5.41) is 4.33. The van der Waals surface area contributed by atoms with E-state index >= 15 is 0 Å². The lowest BCUT2D eigenvalue weighted by atomic mass is 10.00. The van der Waals surface area contributed by atoms with Gasteiger partial charge in [0.25, 0.3) is 0 Å². The number of hydrogen-bond acceptors (Lipinski definition) is 5. The normalized spacial score (nSPS) is 12.6. The molecule has 1 heterocycles. The van der Waals surface area contributed by atoms with Crippen LogP contribution in [0.25, 0.3) is 0 Å². The lowest BCUT2D eigenvalue weighted by molar-refractivity contribution is 0.473. The predicted octanol–water partition coefficient (Wildman–Crippen LogP) is 2.67. The minimum absolute atomic E-state index is 0.656. The number of aryl methyl sites for hydroxylation is 1. The Morgan fingerprint density at radius 3 is 2.76 bits per heavy atom. The van der Waals surface area contributed by atoms with Gasteiger partial charge in [-0.05, 0) is 31.7 Å². The zero-order valence-corrected chi connectivity index (χ0v) is 11.7. The van der Waals surface area contributed by atoms with E-state index in [1.165, 1.54) is 24.4 Å². The van der Waals surface area contributed by atoms with Gasteiger partial charge in [-0.3, -0.25) is 0 Å². The molecule has 1 aromatic heterocycles. The maximum atomic E-state index is 5.62. The van der Waals surface area contributed by atoms with Crippen LogP contribution in [0.3, 0.4) is 0 Å². The first kappa shape index (κ1) is 14.4. The van der Waals surface area contributed by atoms with Gasteiger partial charge in [-0.2, -0.15) is 4.37 Å². The molecular formula is C12H24N4S. The van der Waals surface area contributed by atoms with E-state index in [2.05, 4.69) is 28.5 Å². The molecule has 98 valence electrons. The molecule has 17 heavy (non-hydrogen) atoms. The van der Waals surface area contributed by atoms with E-state index in [-0.39, 0.29) is 0 Å². The quantitative estimate of drug-likeness (QED) is 0.713. The molecule has 0 bridgehead atoms. The molecule has 0 aliphatic heterocycles. The van der Waals surface area contributed by atoms with E-state index in [0.717, 1.165) is 43.3 Å². The van der Waals surface area contributed by atoms with E-state index in [1.54, 1.807) is 0 Å². The van der Waals surface area contributed by atoms with Gasteiger partial charge < -0.3 is 11.1 Å². The van der Waals surface area contributed by atoms with Gasteiger partial charge in [0.2, 0.25) is 5.13 Å².